The largest absolute Gasteiger partial charge is 0.493 e. The molecule has 2 aromatic carbocycles. The van der Waals surface area contributed by atoms with Crippen molar-refractivity contribution in [3.05, 3.63) is 63.7 Å². The lowest BCUT2D eigenvalue weighted by Crippen LogP contribution is -2.20. The van der Waals surface area contributed by atoms with E-state index in [2.05, 4.69) is 5.32 Å². The van der Waals surface area contributed by atoms with E-state index in [1.807, 2.05) is 0 Å². The van der Waals surface area contributed by atoms with Gasteiger partial charge in [0.05, 0.1) is 19.1 Å². The quantitative estimate of drug-likeness (QED) is 0.313. The standard InChI is InChI=1S/C20H20N2O7/c1-13-11-15(22(25)26)8-9-16(13)21-18(23)12-29-19(24)10-7-14-5-4-6-17(27-2)20(14)28-3/h4-11H,12H2,1-3H3,(H,21,23)/b10-7+. The van der Waals surface area contributed by atoms with Gasteiger partial charge in [0.2, 0.25) is 0 Å². The summed E-state index contributed by atoms with van der Waals surface area (Å²) in [5.74, 6) is -0.306. The topological polar surface area (TPSA) is 117 Å². The number of anilines is 1. The number of ether oxygens (including phenoxy) is 3. The number of non-ortho nitro benzene ring substituents is 1. The highest BCUT2D eigenvalue weighted by atomic mass is 16.6. The van der Waals surface area contributed by atoms with Crippen molar-refractivity contribution in [2.24, 2.45) is 0 Å². The molecule has 9 nitrogen and oxygen atoms in total. The molecule has 0 heterocycles. The normalized spacial score (nSPS) is 10.4. The SMILES string of the molecule is COc1cccc(/C=C/C(=O)OCC(=O)Nc2ccc([N+](=O)[O-])cc2C)c1OC. The summed E-state index contributed by atoms with van der Waals surface area (Å²) < 4.78 is 15.4. The van der Waals surface area contributed by atoms with Crippen molar-refractivity contribution in [2.45, 2.75) is 6.92 Å². The van der Waals surface area contributed by atoms with Crippen LogP contribution < -0.4 is 14.8 Å². The lowest BCUT2D eigenvalue weighted by atomic mass is 10.1. The molecule has 0 aromatic heterocycles. The van der Waals surface area contributed by atoms with Gasteiger partial charge in [-0.2, -0.15) is 0 Å². The van der Waals surface area contributed by atoms with Crippen LogP contribution in [0.3, 0.4) is 0 Å². The molecule has 29 heavy (non-hydrogen) atoms. The van der Waals surface area contributed by atoms with Gasteiger partial charge in [-0.25, -0.2) is 4.79 Å². The molecule has 1 amide bonds. The molecular formula is C20H20N2O7. The second-order valence-corrected chi connectivity index (χ2v) is 5.83. The van der Waals surface area contributed by atoms with Crippen LogP contribution in [-0.2, 0) is 14.3 Å². The van der Waals surface area contributed by atoms with E-state index in [0.717, 1.165) is 0 Å². The van der Waals surface area contributed by atoms with Crippen LogP contribution in [0, 0.1) is 17.0 Å². The van der Waals surface area contributed by atoms with Crippen molar-refractivity contribution in [3.63, 3.8) is 0 Å². The minimum absolute atomic E-state index is 0.0787. The maximum absolute atomic E-state index is 12.0. The van der Waals surface area contributed by atoms with Crippen LogP contribution in [0.2, 0.25) is 0 Å². The van der Waals surface area contributed by atoms with E-state index in [4.69, 9.17) is 14.2 Å². The highest BCUT2D eigenvalue weighted by molar-refractivity contribution is 5.95. The summed E-state index contributed by atoms with van der Waals surface area (Å²) in [4.78, 5) is 34.1. The molecule has 0 saturated heterocycles. The highest BCUT2D eigenvalue weighted by Gasteiger charge is 2.12. The number of aryl methyl sites for hydroxylation is 1. The van der Waals surface area contributed by atoms with Crippen LogP contribution in [0.25, 0.3) is 6.08 Å². The monoisotopic (exact) mass is 400 g/mol. The number of carbonyl (C=O) groups excluding carboxylic acids is 2. The van der Waals surface area contributed by atoms with Gasteiger partial charge in [0, 0.05) is 29.5 Å². The molecule has 0 saturated carbocycles. The van der Waals surface area contributed by atoms with Gasteiger partial charge in [0.25, 0.3) is 11.6 Å². The highest BCUT2D eigenvalue weighted by Crippen LogP contribution is 2.31. The fourth-order valence-electron chi connectivity index (χ4n) is 2.47. The van der Waals surface area contributed by atoms with Gasteiger partial charge >= 0.3 is 5.97 Å². The van der Waals surface area contributed by atoms with Crippen molar-refractivity contribution in [1.29, 1.82) is 0 Å². The number of methoxy groups -OCH3 is 2. The Morgan fingerprint density at radius 2 is 1.93 bits per heavy atom. The van der Waals surface area contributed by atoms with Gasteiger partial charge < -0.3 is 19.5 Å². The third kappa shape index (κ3) is 5.80. The Hall–Kier alpha value is -3.88. The zero-order valence-electron chi connectivity index (χ0n) is 16.1. The second kappa shape index (κ2) is 9.88. The van der Waals surface area contributed by atoms with Crippen molar-refractivity contribution in [1.82, 2.24) is 0 Å². The number of nitro benzene ring substituents is 1. The number of carbonyl (C=O) groups is 2. The third-order valence-electron chi connectivity index (χ3n) is 3.87. The number of hydrogen-bond acceptors (Lipinski definition) is 7. The minimum Gasteiger partial charge on any atom is -0.493 e. The molecule has 0 aliphatic carbocycles. The minimum atomic E-state index is -0.717. The van der Waals surface area contributed by atoms with Crippen LogP contribution in [0.5, 0.6) is 11.5 Å². The number of nitrogens with one attached hydrogen (secondary N) is 1. The maximum Gasteiger partial charge on any atom is 0.331 e. The third-order valence-corrected chi connectivity index (χ3v) is 3.87. The number of esters is 1. The van der Waals surface area contributed by atoms with E-state index in [-0.39, 0.29) is 5.69 Å². The van der Waals surface area contributed by atoms with Gasteiger partial charge in [0.1, 0.15) is 0 Å². The Kier molecular flexibility index (Phi) is 7.30. The Labute approximate surface area is 167 Å². The molecule has 2 rings (SSSR count). The summed E-state index contributed by atoms with van der Waals surface area (Å²) in [6.07, 6.45) is 2.66. The molecule has 0 atom stereocenters. The maximum atomic E-state index is 12.0. The van der Waals surface area contributed by atoms with E-state index in [1.54, 1.807) is 25.1 Å². The predicted molar refractivity (Wildman–Crippen MR) is 106 cm³/mol. The number of nitrogens with zero attached hydrogens (tertiary/aromatic N) is 1. The first kappa shape index (κ1) is 21.4. The van der Waals surface area contributed by atoms with Crippen LogP contribution in [0.1, 0.15) is 11.1 Å². The average molecular weight is 400 g/mol. The van der Waals surface area contributed by atoms with Gasteiger partial charge in [-0.05, 0) is 30.7 Å². The van der Waals surface area contributed by atoms with E-state index >= 15 is 0 Å². The van der Waals surface area contributed by atoms with Gasteiger partial charge in [-0.1, -0.05) is 12.1 Å². The Morgan fingerprint density at radius 3 is 2.55 bits per heavy atom. The van der Waals surface area contributed by atoms with Crippen molar-refractivity contribution < 1.29 is 28.7 Å². The fourth-order valence-corrected chi connectivity index (χ4v) is 2.47. The molecule has 0 spiro atoms. The predicted octanol–water partition coefficient (Wildman–Crippen LogP) is 3.12. The summed E-state index contributed by atoms with van der Waals surface area (Å²) in [5.41, 5.74) is 1.44. The van der Waals surface area contributed by atoms with Gasteiger partial charge in [-0.3, -0.25) is 14.9 Å². The van der Waals surface area contributed by atoms with Crippen molar-refractivity contribution in [3.8, 4) is 11.5 Å². The summed E-state index contributed by atoms with van der Waals surface area (Å²) in [6.45, 7) is 1.12. The van der Waals surface area contributed by atoms with E-state index in [0.29, 0.717) is 28.3 Å². The van der Waals surface area contributed by atoms with Crippen molar-refractivity contribution >= 4 is 29.3 Å². The smallest absolute Gasteiger partial charge is 0.331 e. The summed E-state index contributed by atoms with van der Waals surface area (Å²) in [6, 6.07) is 9.23. The Morgan fingerprint density at radius 1 is 1.17 bits per heavy atom. The second-order valence-electron chi connectivity index (χ2n) is 5.83. The molecular weight excluding hydrogens is 380 g/mol. The number of benzene rings is 2. The van der Waals surface area contributed by atoms with E-state index < -0.39 is 23.4 Å². The molecule has 2 aromatic rings. The number of para-hydroxylation sites is 1. The number of hydrogen-bond donors (Lipinski definition) is 1. The molecule has 1 N–H and O–H groups in total. The first-order chi connectivity index (χ1) is 13.8. The van der Waals surface area contributed by atoms with Crippen LogP contribution >= 0.6 is 0 Å². The summed E-state index contributed by atoms with van der Waals surface area (Å²) in [7, 11) is 2.99. The molecule has 0 unspecified atom stereocenters. The molecule has 0 fully saturated rings. The molecule has 0 radical (unpaired) electrons. The molecule has 152 valence electrons. The van der Waals surface area contributed by atoms with Crippen molar-refractivity contribution in [2.75, 3.05) is 26.1 Å². The molecule has 0 bridgehead atoms. The fraction of sp³-hybridized carbons (Fsp3) is 0.200. The lowest BCUT2D eigenvalue weighted by Gasteiger charge is -2.10. The van der Waals surface area contributed by atoms with Gasteiger partial charge in [0.15, 0.2) is 18.1 Å². The van der Waals surface area contributed by atoms with E-state index in [1.165, 1.54) is 44.6 Å². The zero-order chi connectivity index (χ0) is 21.4. The lowest BCUT2D eigenvalue weighted by molar-refractivity contribution is -0.384. The van der Waals surface area contributed by atoms with Crippen LogP contribution in [-0.4, -0.2) is 37.6 Å². The first-order valence-corrected chi connectivity index (χ1v) is 8.46. The average Bonchev–Trinajstić information content (AvgIpc) is 2.71. The van der Waals surface area contributed by atoms with Crippen LogP contribution in [0.15, 0.2) is 42.5 Å². The summed E-state index contributed by atoms with van der Waals surface area (Å²) in [5, 5.41) is 13.3. The first-order valence-electron chi connectivity index (χ1n) is 8.46. The summed E-state index contributed by atoms with van der Waals surface area (Å²) >= 11 is 0. The van der Waals surface area contributed by atoms with E-state index in [9.17, 15) is 19.7 Å². The Bertz CT molecular complexity index is 954. The Balaban J connectivity index is 1.93. The molecule has 0 aliphatic heterocycles. The van der Waals surface area contributed by atoms with Gasteiger partial charge in [-0.15, -0.1) is 0 Å². The number of nitro groups is 1. The molecule has 0 aliphatic rings. The zero-order valence-corrected chi connectivity index (χ0v) is 16.1. The van der Waals surface area contributed by atoms with Crippen LogP contribution in [0.4, 0.5) is 11.4 Å². The number of rotatable bonds is 8. The molecule has 9 heteroatoms. The number of amides is 1.